The van der Waals surface area contributed by atoms with Gasteiger partial charge in [0.15, 0.2) is 5.78 Å². The number of hydrogen-bond acceptors (Lipinski definition) is 3. The number of nitrogens with zero attached hydrogens (tertiary/aromatic N) is 2. The van der Waals surface area contributed by atoms with Gasteiger partial charge in [-0.2, -0.15) is 0 Å². The van der Waals surface area contributed by atoms with E-state index in [0.29, 0.717) is 17.9 Å². The maximum Gasteiger partial charge on any atom is 0.168 e. The zero-order valence-electron chi connectivity index (χ0n) is 17.6. The Kier molecular flexibility index (Phi) is 8.31. The third-order valence-electron chi connectivity index (χ3n) is 5.17. The van der Waals surface area contributed by atoms with E-state index < -0.39 is 0 Å². The van der Waals surface area contributed by atoms with E-state index in [2.05, 4.69) is 49.5 Å². The minimum atomic E-state index is 0.0910. The second-order valence-corrected chi connectivity index (χ2v) is 7.35. The molecule has 0 saturated carbocycles. The summed E-state index contributed by atoms with van der Waals surface area (Å²) in [5.74, 6) is 0.786. The van der Waals surface area contributed by atoms with Gasteiger partial charge in [0.2, 0.25) is 0 Å². The van der Waals surface area contributed by atoms with Crippen molar-refractivity contribution in [3.8, 4) is 0 Å². The number of Topliss-reactive ketones (excluding diaryl/α,β-unsaturated/α-hetero) is 1. The maximum absolute atomic E-state index is 12.6. The van der Waals surface area contributed by atoms with E-state index in [4.69, 9.17) is 0 Å². The Balaban J connectivity index is 0.000000640. The number of unbranched alkanes of at least 4 members (excludes halogenated alkanes) is 1. The van der Waals surface area contributed by atoms with Crippen LogP contribution in [0.5, 0.6) is 0 Å². The third-order valence-corrected chi connectivity index (χ3v) is 5.17. The lowest BCUT2D eigenvalue weighted by Gasteiger charge is -2.27. The average Bonchev–Trinajstić information content (AvgIpc) is 3.13. The van der Waals surface area contributed by atoms with Gasteiger partial charge in [0.1, 0.15) is 0 Å². The van der Waals surface area contributed by atoms with E-state index >= 15 is 0 Å². The van der Waals surface area contributed by atoms with Crippen LogP contribution in [0, 0.1) is 11.8 Å². The van der Waals surface area contributed by atoms with E-state index in [1.54, 1.807) is 18.5 Å². The van der Waals surface area contributed by atoms with Crippen molar-refractivity contribution in [3.63, 3.8) is 0 Å². The number of aliphatic imine (C=N–C) groups is 1. The first kappa shape index (κ1) is 21.7. The highest BCUT2D eigenvalue weighted by Crippen LogP contribution is 2.39. The molecule has 0 radical (unpaired) electrons. The van der Waals surface area contributed by atoms with E-state index in [1.165, 1.54) is 18.4 Å². The highest BCUT2D eigenvalue weighted by atomic mass is 16.1. The summed E-state index contributed by atoms with van der Waals surface area (Å²) < 4.78 is 0. The first-order valence-corrected chi connectivity index (χ1v) is 10.3. The van der Waals surface area contributed by atoms with Gasteiger partial charge in [0.05, 0.1) is 5.71 Å². The predicted octanol–water partition coefficient (Wildman–Crippen LogP) is 6.51. The Hall–Kier alpha value is -2.55. The lowest BCUT2D eigenvalue weighted by atomic mass is 9.75. The SMILES string of the molecule is C=C/C(=C\C)C1=CN=C2C(CC(=O)c3cccnc3)=CC(C)CC12.CCCC. The summed E-state index contributed by atoms with van der Waals surface area (Å²) in [6.07, 6.45) is 15.4. The largest absolute Gasteiger partial charge is 0.294 e. The molecule has 0 saturated heterocycles. The molecule has 1 aliphatic heterocycles. The minimum absolute atomic E-state index is 0.0910. The van der Waals surface area contributed by atoms with E-state index in [0.717, 1.165) is 23.3 Å². The number of ketones is 1. The van der Waals surface area contributed by atoms with Crippen LogP contribution in [-0.4, -0.2) is 16.5 Å². The van der Waals surface area contributed by atoms with Crippen molar-refractivity contribution in [2.75, 3.05) is 0 Å². The predicted molar refractivity (Wildman–Crippen MR) is 119 cm³/mol. The quantitative estimate of drug-likeness (QED) is 0.419. The van der Waals surface area contributed by atoms with Crippen LogP contribution in [0.15, 0.2) is 77.2 Å². The van der Waals surface area contributed by atoms with Crippen LogP contribution in [-0.2, 0) is 0 Å². The summed E-state index contributed by atoms with van der Waals surface area (Å²) in [5.41, 5.74) is 5.10. The lowest BCUT2D eigenvalue weighted by Crippen LogP contribution is -2.25. The number of carbonyl (C=O) groups excluding carboxylic acids is 1. The number of fused-ring (bicyclic) bond motifs is 1. The molecule has 3 rings (SSSR count). The third kappa shape index (κ3) is 5.25. The molecule has 3 nitrogen and oxygen atoms in total. The second-order valence-electron chi connectivity index (χ2n) is 7.35. The number of allylic oxidation sites excluding steroid dienone is 6. The van der Waals surface area contributed by atoms with E-state index in [9.17, 15) is 4.79 Å². The zero-order chi connectivity index (χ0) is 20.5. The summed E-state index contributed by atoms with van der Waals surface area (Å²) in [6, 6.07) is 3.61. The van der Waals surface area contributed by atoms with Crippen LogP contribution >= 0.6 is 0 Å². The normalized spacial score (nSPS) is 20.9. The summed E-state index contributed by atoms with van der Waals surface area (Å²) in [5, 5.41) is 0. The lowest BCUT2D eigenvalue weighted by molar-refractivity contribution is 0.0993. The van der Waals surface area contributed by atoms with Gasteiger partial charge in [-0.05, 0) is 48.1 Å². The van der Waals surface area contributed by atoms with Crippen molar-refractivity contribution in [1.82, 2.24) is 4.98 Å². The molecular formula is C25H32N2O. The van der Waals surface area contributed by atoms with Gasteiger partial charge in [0.25, 0.3) is 0 Å². The van der Waals surface area contributed by atoms with Gasteiger partial charge in [0, 0.05) is 36.5 Å². The first-order valence-electron chi connectivity index (χ1n) is 10.3. The zero-order valence-corrected chi connectivity index (χ0v) is 17.6. The van der Waals surface area contributed by atoms with Crippen LogP contribution in [0.2, 0.25) is 0 Å². The molecule has 2 aliphatic rings. The molecule has 1 aromatic heterocycles. The van der Waals surface area contributed by atoms with Crippen molar-refractivity contribution in [2.45, 2.75) is 53.4 Å². The Morgan fingerprint density at radius 3 is 2.64 bits per heavy atom. The fourth-order valence-corrected chi connectivity index (χ4v) is 3.51. The van der Waals surface area contributed by atoms with Gasteiger partial charge in [-0.3, -0.25) is 14.8 Å². The van der Waals surface area contributed by atoms with Crippen molar-refractivity contribution < 1.29 is 4.79 Å². The molecule has 2 heterocycles. The van der Waals surface area contributed by atoms with Crippen LogP contribution < -0.4 is 0 Å². The van der Waals surface area contributed by atoms with Gasteiger partial charge in [-0.1, -0.05) is 58.4 Å². The van der Waals surface area contributed by atoms with Gasteiger partial charge in [-0.25, -0.2) is 0 Å². The summed E-state index contributed by atoms with van der Waals surface area (Å²) in [6.45, 7) is 12.5. The van der Waals surface area contributed by atoms with Crippen molar-refractivity contribution in [3.05, 3.63) is 77.8 Å². The van der Waals surface area contributed by atoms with Gasteiger partial charge in [-0.15, -0.1) is 0 Å². The molecule has 2 unspecified atom stereocenters. The molecule has 0 bridgehead atoms. The number of hydrogen-bond donors (Lipinski definition) is 0. The number of rotatable bonds is 6. The van der Waals surface area contributed by atoms with E-state index in [-0.39, 0.29) is 11.7 Å². The summed E-state index contributed by atoms with van der Waals surface area (Å²) in [7, 11) is 0. The molecule has 3 heteroatoms. The van der Waals surface area contributed by atoms with Gasteiger partial charge >= 0.3 is 0 Å². The highest BCUT2D eigenvalue weighted by molar-refractivity contribution is 6.11. The molecule has 148 valence electrons. The van der Waals surface area contributed by atoms with E-state index in [1.807, 2.05) is 25.3 Å². The Bertz CT molecular complexity index is 810. The summed E-state index contributed by atoms with van der Waals surface area (Å²) >= 11 is 0. The van der Waals surface area contributed by atoms with Gasteiger partial charge < -0.3 is 0 Å². The number of aromatic nitrogens is 1. The fourth-order valence-electron chi connectivity index (χ4n) is 3.51. The molecule has 1 aromatic rings. The molecule has 28 heavy (non-hydrogen) atoms. The van der Waals surface area contributed by atoms with Crippen molar-refractivity contribution in [1.29, 1.82) is 0 Å². The highest BCUT2D eigenvalue weighted by Gasteiger charge is 2.33. The molecule has 0 fully saturated rings. The fraction of sp³-hybridized carbons (Fsp3) is 0.400. The van der Waals surface area contributed by atoms with Crippen molar-refractivity contribution in [2.24, 2.45) is 16.8 Å². The minimum Gasteiger partial charge on any atom is -0.294 e. The Morgan fingerprint density at radius 1 is 1.32 bits per heavy atom. The molecule has 0 spiro atoms. The van der Waals surface area contributed by atoms with Crippen LogP contribution in [0.1, 0.15) is 63.7 Å². The summed E-state index contributed by atoms with van der Waals surface area (Å²) in [4.78, 5) is 21.2. The molecule has 0 amide bonds. The van der Waals surface area contributed by atoms with Crippen LogP contribution in [0.4, 0.5) is 0 Å². The molecule has 1 aliphatic carbocycles. The topological polar surface area (TPSA) is 42.3 Å². The number of carbonyl (C=O) groups is 1. The second kappa shape index (κ2) is 10.7. The molecule has 0 N–H and O–H groups in total. The Morgan fingerprint density at radius 2 is 2.07 bits per heavy atom. The maximum atomic E-state index is 12.6. The molecule has 2 atom stereocenters. The Labute approximate surface area is 169 Å². The smallest absolute Gasteiger partial charge is 0.168 e. The van der Waals surface area contributed by atoms with Crippen LogP contribution in [0.25, 0.3) is 0 Å². The first-order chi connectivity index (χ1) is 13.5. The van der Waals surface area contributed by atoms with Crippen molar-refractivity contribution >= 4 is 11.5 Å². The van der Waals surface area contributed by atoms with Crippen LogP contribution in [0.3, 0.4) is 0 Å². The molecular weight excluding hydrogens is 344 g/mol. The monoisotopic (exact) mass is 376 g/mol. The average molecular weight is 377 g/mol. The number of pyridine rings is 1. The standard InChI is InChI=1S/C21H22N2O.C4H10/c1-4-15(5-2)19-13-23-21-17(9-14(3)10-18(19)21)11-20(24)16-7-6-8-22-12-16;1-3-4-2/h4-9,12-14,18H,1,10-11H2,2-3H3;3-4H2,1-2H3/b15-5+;. The molecule has 0 aromatic carbocycles.